The quantitative estimate of drug-likeness (QED) is 0.309. The summed E-state index contributed by atoms with van der Waals surface area (Å²) in [5.74, 6) is 0.701. The number of nitrogens with one attached hydrogen (secondary N) is 1. The van der Waals surface area contributed by atoms with Crippen molar-refractivity contribution in [3.63, 3.8) is 0 Å². The van der Waals surface area contributed by atoms with Crippen molar-refractivity contribution >= 4 is 28.5 Å². The molecule has 0 spiro atoms. The average Bonchev–Trinajstić information content (AvgIpc) is 3.19. The third kappa shape index (κ3) is 4.02. The second-order valence-electron chi connectivity index (χ2n) is 8.61. The van der Waals surface area contributed by atoms with Gasteiger partial charge in [-0.1, -0.05) is 25.3 Å². The first kappa shape index (κ1) is 19.7. The summed E-state index contributed by atoms with van der Waals surface area (Å²) < 4.78 is 0. The van der Waals surface area contributed by atoms with E-state index in [9.17, 15) is 10.1 Å². The van der Waals surface area contributed by atoms with E-state index in [4.69, 9.17) is 0 Å². The number of rotatable bonds is 4. The van der Waals surface area contributed by atoms with E-state index in [1.807, 2.05) is 0 Å². The van der Waals surface area contributed by atoms with Gasteiger partial charge in [0, 0.05) is 23.0 Å². The number of hydrogen-bond acceptors (Lipinski definition) is 4. The summed E-state index contributed by atoms with van der Waals surface area (Å²) in [5, 5.41) is 20.9. The highest BCUT2D eigenvalue weighted by Crippen LogP contribution is 2.36. The number of aromatic amines is 1. The van der Waals surface area contributed by atoms with Gasteiger partial charge in [-0.15, -0.1) is 0 Å². The molecule has 5 rings (SSSR count). The van der Waals surface area contributed by atoms with Crippen molar-refractivity contribution < 1.29 is 4.92 Å². The number of benzene rings is 2. The first-order valence-electron chi connectivity index (χ1n) is 11.2. The number of aromatic nitrogens is 1. The van der Waals surface area contributed by atoms with Crippen molar-refractivity contribution in [2.45, 2.75) is 57.3 Å². The largest absolute Gasteiger partial charge is 0.353 e. The van der Waals surface area contributed by atoms with Crippen LogP contribution in [-0.2, 0) is 6.42 Å². The number of hydrogen-bond donors (Lipinski definition) is 1. The molecule has 31 heavy (non-hydrogen) atoms. The van der Waals surface area contributed by atoms with Crippen molar-refractivity contribution in [3.05, 3.63) is 75.0 Å². The van der Waals surface area contributed by atoms with Gasteiger partial charge < -0.3 is 4.98 Å². The van der Waals surface area contributed by atoms with Crippen molar-refractivity contribution in [2.75, 3.05) is 0 Å². The van der Waals surface area contributed by atoms with E-state index >= 15 is 0 Å². The summed E-state index contributed by atoms with van der Waals surface area (Å²) in [7, 11) is 0. The van der Waals surface area contributed by atoms with E-state index in [2.05, 4.69) is 33.4 Å². The summed E-state index contributed by atoms with van der Waals surface area (Å²) in [6.45, 7) is 0. The van der Waals surface area contributed by atoms with Crippen LogP contribution >= 0.6 is 0 Å². The molecule has 1 N–H and O–H groups in total. The zero-order valence-electron chi connectivity index (χ0n) is 17.5. The second-order valence-corrected chi connectivity index (χ2v) is 8.61. The molecule has 1 saturated carbocycles. The lowest BCUT2D eigenvalue weighted by atomic mass is 9.83. The highest BCUT2D eigenvalue weighted by atomic mass is 16.6. The van der Waals surface area contributed by atoms with E-state index in [0.717, 1.165) is 36.2 Å². The van der Waals surface area contributed by atoms with E-state index in [1.54, 1.807) is 18.3 Å². The Labute approximate surface area is 181 Å². The van der Waals surface area contributed by atoms with Gasteiger partial charge >= 0.3 is 0 Å². The van der Waals surface area contributed by atoms with Crippen LogP contribution in [0.15, 0.2) is 52.7 Å². The fourth-order valence-corrected chi connectivity index (χ4v) is 4.97. The van der Waals surface area contributed by atoms with Crippen LogP contribution in [0.25, 0.3) is 10.9 Å². The zero-order valence-corrected chi connectivity index (χ0v) is 17.5. The molecular formula is C25H26N4O2. The van der Waals surface area contributed by atoms with Gasteiger partial charge in [-0.25, -0.2) is 0 Å². The molecule has 0 aliphatic heterocycles. The number of nitrogens with zero attached hydrogens (tertiary/aromatic N) is 3. The van der Waals surface area contributed by atoms with E-state index < -0.39 is 4.92 Å². The maximum absolute atomic E-state index is 10.8. The van der Waals surface area contributed by atoms with Crippen molar-refractivity contribution in [1.29, 1.82) is 0 Å². The Kier molecular flexibility index (Phi) is 5.37. The van der Waals surface area contributed by atoms with Gasteiger partial charge in [-0.3, -0.25) is 10.1 Å². The van der Waals surface area contributed by atoms with E-state index in [0.29, 0.717) is 5.92 Å². The molecule has 2 aliphatic rings. The Bertz CT molecular complexity index is 1170. The number of fused-ring (bicyclic) bond motifs is 3. The average molecular weight is 415 g/mol. The van der Waals surface area contributed by atoms with Gasteiger partial charge in [0.05, 0.1) is 22.5 Å². The highest BCUT2D eigenvalue weighted by molar-refractivity contribution is 6.06. The molecule has 6 nitrogen and oxygen atoms in total. The van der Waals surface area contributed by atoms with Crippen LogP contribution in [0.5, 0.6) is 0 Å². The second kappa shape index (κ2) is 8.46. The molecule has 2 aromatic carbocycles. The molecule has 158 valence electrons. The van der Waals surface area contributed by atoms with Gasteiger partial charge in [-0.05, 0) is 79.0 Å². The predicted octanol–water partition coefficient (Wildman–Crippen LogP) is 6.28. The SMILES string of the molecule is O=[N+]([O-])c1ccc(C=N/N=C2\CCCc3c2[nH]c2ccc(C4CCCCC4)cc32)cc1. The molecule has 1 heterocycles. The van der Waals surface area contributed by atoms with Gasteiger partial charge in [0.1, 0.15) is 0 Å². The molecular weight excluding hydrogens is 388 g/mol. The molecule has 2 aliphatic carbocycles. The van der Waals surface area contributed by atoms with Crippen LogP contribution in [0.1, 0.15) is 73.2 Å². The van der Waals surface area contributed by atoms with Crippen molar-refractivity contribution in [3.8, 4) is 0 Å². The summed E-state index contributed by atoms with van der Waals surface area (Å²) in [5.41, 5.74) is 6.99. The zero-order chi connectivity index (χ0) is 21.2. The molecule has 0 amide bonds. The lowest BCUT2D eigenvalue weighted by molar-refractivity contribution is -0.384. The minimum absolute atomic E-state index is 0.0751. The lowest BCUT2D eigenvalue weighted by Crippen LogP contribution is -2.11. The normalized spacial score (nSPS) is 18.6. The monoisotopic (exact) mass is 414 g/mol. The van der Waals surface area contributed by atoms with Gasteiger partial charge in [0.25, 0.3) is 5.69 Å². The van der Waals surface area contributed by atoms with E-state index in [-0.39, 0.29) is 5.69 Å². The molecule has 0 atom stereocenters. The molecule has 0 bridgehead atoms. The molecule has 0 saturated heterocycles. The summed E-state index contributed by atoms with van der Waals surface area (Å²) in [6.07, 6.45) is 11.4. The Morgan fingerprint density at radius 1 is 1.00 bits per heavy atom. The highest BCUT2D eigenvalue weighted by Gasteiger charge is 2.22. The van der Waals surface area contributed by atoms with Crippen LogP contribution < -0.4 is 0 Å². The lowest BCUT2D eigenvalue weighted by Gasteiger charge is -2.22. The van der Waals surface area contributed by atoms with Crippen molar-refractivity contribution in [1.82, 2.24) is 4.98 Å². The maximum Gasteiger partial charge on any atom is 0.269 e. The van der Waals surface area contributed by atoms with Gasteiger partial charge in [0.15, 0.2) is 0 Å². The minimum Gasteiger partial charge on any atom is -0.353 e. The van der Waals surface area contributed by atoms with Crippen LogP contribution in [0, 0.1) is 10.1 Å². The molecule has 1 fully saturated rings. The van der Waals surface area contributed by atoms with Gasteiger partial charge in [-0.2, -0.15) is 10.2 Å². The standard InChI is InChI=1S/C25H26N4O2/c30-29(31)20-12-9-17(10-13-20)16-26-28-24-8-4-7-21-22-15-19(18-5-2-1-3-6-18)11-14-23(22)27-25(21)24/h9-16,18,27H,1-8H2/b26-16?,28-24+. The van der Waals surface area contributed by atoms with Crippen molar-refractivity contribution in [2.24, 2.45) is 10.2 Å². The number of nitro benzene ring substituents is 1. The molecule has 1 aromatic heterocycles. The first-order valence-corrected chi connectivity index (χ1v) is 11.2. The smallest absolute Gasteiger partial charge is 0.269 e. The fraction of sp³-hybridized carbons (Fsp3) is 0.360. The summed E-state index contributed by atoms with van der Waals surface area (Å²) in [6, 6.07) is 13.3. The summed E-state index contributed by atoms with van der Waals surface area (Å²) >= 11 is 0. The third-order valence-electron chi connectivity index (χ3n) is 6.62. The maximum atomic E-state index is 10.8. The molecule has 6 heteroatoms. The number of aryl methyl sites for hydroxylation is 1. The molecule has 0 radical (unpaired) electrons. The predicted molar refractivity (Wildman–Crippen MR) is 124 cm³/mol. The Morgan fingerprint density at radius 2 is 1.81 bits per heavy atom. The molecule has 0 unspecified atom stereocenters. The van der Waals surface area contributed by atoms with E-state index in [1.165, 1.54) is 66.3 Å². The van der Waals surface area contributed by atoms with Crippen LogP contribution in [-0.4, -0.2) is 21.8 Å². The third-order valence-corrected chi connectivity index (χ3v) is 6.62. The Balaban J connectivity index is 1.41. The Hall–Kier alpha value is -3.28. The van der Waals surface area contributed by atoms with Crippen LogP contribution in [0.4, 0.5) is 5.69 Å². The molecule has 3 aromatic rings. The fourth-order valence-electron chi connectivity index (χ4n) is 4.97. The van der Waals surface area contributed by atoms with Crippen LogP contribution in [0.2, 0.25) is 0 Å². The summed E-state index contributed by atoms with van der Waals surface area (Å²) in [4.78, 5) is 14.0. The first-order chi connectivity index (χ1) is 15.2. The number of H-pyrrole nitrogens is 1. The minimum atomic E-state index is -0.402. The number of non-ortho nitro benzene ring substituents is 1. The topological polar surface area (TPSA) is 83.7 Å². The van der Waals surface area contributed by atoms with Gasteiger partial charge in [0.2, 0.25) is 0 Å². The number of nitro groups is 1. The van der Waals surface area contributed by atoms with Crippen LogP contribution in [0.3, 0.4) is 0 Å². The Morgan fingerprint density at radius 3 is 2.58 bits per heavy atom.